The van der Waals surface area contributed by atoms with E-state index in [4.69, 9.17) is 4.74 Å². The molecule has 0 unspecified atom stereocenters. The van der Waals surface area contributed by atoms with Crippen LogP contribution in [0.5, 0.6) is 0 Å². The lowest BCUT2D eigenvalue weighted by Crippen LogP contribution is -2.38. The van der Waals surface area contributed by atoms with Crippen LogP contribution in [0.4, 0.5) is 4.79 Å². The van der Waals surface area contributed by atoms with E-state index in [0.29, 0.717) is 19.4 Å². The molecule has 0 bridgehead atoms. The van der Waals surface area contributed by atoms with E-state index in [9.17, 15) is 9.90 Å². The summed E-state index contributed by atoms with van der Waals surface area (Å²) in [6.07, 6.45) is 5.55. The zero-order valence-corrected chi connectivity index (χ0v) is 12.3. The molecule has 0 aliphatic carbocycles. The largest absolute Gasteiger partial charge is 0.445 e. The number of β-amino-alcohol motifs (C(OH)–C–C–N with tert-alkyl or cyclic N) is 1. The smallest absolute Gasteiger partial charge is 0.410 e. The van der Waals surface area contributed by atoms with Crippen LogP contribution in [0.1, 0.15) is 12.2 Å². The normalized spacial score (nSPS) is 21.9. The minimum atomic E-state index is -0.510. The number of carbonyl (C=O) groups is 1. The Morgan fingerprint density at radius 1 is 1.67 bits per heavy atom. The average molecular weight is 307 g/mol. The first-order valence-corrected chi connectivity index (χ1v) is 7.68. The van der Waals surface area contributed by atoms with Gasteiger partial charge in [-0.2, -0.15) is 0 Å². The Morgan fingerprint density at radius 2 is 2.52 bits per heavy atom. The van der Waals surface area contributed by atoms with E-state index in [1.54, 1.807) is 16.2 Å². The second-order valence-corrected chi connectivity index (χ2v) is 5.98. The molecular formula is C14H17N3O3S. The van der Waals surface area contributed by atoms with Crippen molar-refractivity contribution in [3.63, 3.8) is 0 Å². The molecule has 3 rings (SSSR count). The van der Waals surface area contributed by atoms with Gasteiger partial charge >= 0.3 is 6.09 Å². The summed E-state index contributed by atoms with van der Waals surface area (Å²) in [4.78, 5) is 19.1. The zero-order valence-electron chi connectivity index (χ0n) is 11.5. The number of carbonyl (C=O) groups excluding carboxylic acids is 1. The third kappa shape index (κ3) is 2.79. The van der Waals surface area contributed by atoms with Gasteiger partial charge in [-0.15, -0.1) is 11.3 Å². The van der Waals surface area contributed by atoms with Gasteiger partial charge in [0.15, 0.2) is 0 Å². The van der Waals surface area contributed by atoms with Gasteiger partial charge in [-0.05, 0) is 6.42 Å². The molecule has 112 valence electrons. The van der Waals surface area contributed by atoms with E-state index >= 15 is 0 Å². The number of nitrogens with zero attached hydrogens (tertiary/aromatic N) is 3. The molecule has 1 N–H and O–H groups in total. The highest BCUT2D eigenvalue weighted by Crippen LogP contribution is 2.23. The van der Waals surface area contributed by atoms with Crippen molar-refractivity contribution in [2.75, 3.05) is 13.2 Å². The lowest BCUT2D eigenvalue weighted by molar-refractivity contribution is 0.102. The van der Waals surface area contributed by atoms with Crippen molar-refractivity contribution in [3.8, 4) is 0 Å². The maximum Gasteiger partial charge on any atom is 0.410 e. The quantitative estimate of drug-likeness (QED) is 0.873. The number of hydrogen-bond acceptors (Lipinski definition) is 5. The van der Waals surface area contributed by atoms with Crippen LogP contribution in [0.2, 0.25) is 0 Å². The first-order chi connectivity index (χ1) is 10.2. The Labute approximate surface area is 126 Å². The van der Waals surface area contributed by atoms with Gasteiger partial charge in [0.05, 0.1) is 18.8 Å². The highest BCUT2D eigenvalue weighted by molar-refractivity contribution is 7.15. The monoisotopic (exact) mass is 307 g/mol. The molecule has 0 saturated carbocycles. The van der Waals surface area contributed by atoms with Crippen LogP contribution in [0.25, 0.3) is 4.83 Å². The van der Waals surface area contributed by atoms with E-state index in [2.05, 4.69) is 11.6 Å². The van der Waals surface area contributed by atoms with Crippen molar-refractivity contribution in [2.24, 2.45) is 0 Å². The van der Waals surface area contributed by atoms with Gasteiger partial charge in [-0.1, -0.05) is 12.7 Å². The minimum absolute atomic E-state index is 0.0946. The van der Waals surface area contributed by atoms with Crippen molar-refractivity contribution in [3.05, 3.63) is 36.3 Å². The Bertz CT molecular complexity index is 651. The third-order valence-electron chi connectivity index (χ3n) is 3.61. The Hall–Kier alpha value is -1.86. The summed E-state index contributed by atoms with van der Waals surface area (Å²) >= 11 is 1.62. The van der Waals surface area contributed by atoms with E-state index in [0.717, 1.165) is 10.7 Å². The molecule has 0 spiro atoms. The van der Waals surface area contributed by atoms with Crippen molar-refractivity contribution in [1.29, 1.82) is 0 Å². The fraction of sp³-hybridized carbons (Fsp3) is 0.429. The highest BCUT2D eigenvalue weighted by atomic mass is 32.1. The molecule has 0 radical (unpaired) electrons. The molecule has 1 amide bonds. The first kappa shape index (κ1) is 14.1. The second-order valence-electron chi connectivity index (χ2n) is 5.05. The molecule has 7 heteroatoms. The van der Waals surface area contributed by atoms with Crippen molar-refractivity contribution in [1.82, 2.24) is 14.3 Å². The molecule has 21 heavy (non-hydrogen) atoms. The van der Waals surface area contributed by atoms with Gasteiger partial charge in [0.1, 0.15) is 17.3 Å². The lowest BCUT2D eigenvalue weighted by Gasteiger charge is -2.22. The van der Waals surface area contributed by atoms with Crippen LogP contribution in [0, 0.1) is 0 Å². The standard InChI is InChI=1S/C14H17N3O3S/c1-2-4-20-14(19)17-9-11(18)6-10(17)7-12-15-8-13-16(12)3-5-21-13/h2-3,5,8,10-11,18H,1,4,6-7,9H2/t10-,11+/m0/s1. The molecule has 1 aliphatic rings. The summed E-state index contributed by atoms with van der Waals surface area (Å²) in [6.45, 7) is 4.01. The molecule has 6 nitrogen and oxygen atoms in total. The molecule has 1 fully saturated rings. The molecule has 1 saturated heterocycles. The second kappa shape index (κ2) is 5.87. The number of aliphatic hydroxyl groups is 1. The molecule has 2 atom stereocenters. The minimum Gasteiger partial charge on any atom is -0.445 e. The molecule has 3 heterocycles. The van der Waals surface area contributed by atoms with Gasteiger partial charge in [-0.25, -0.2) is 9.78 Å². The zero-order chi connectivity index (χ0) is 14.8. The number of fused-ring (bicyclic) bond motifs is 1. The predicted molar refractivity (Wildman–Crippen MR) is 79.4 cm³/mol. The Kier molecular flexibility index (Phi) is 3.94. The van der Waals surface area contributed by atoms with Crippen LogP contribution in [0.3, 0.4) is 0 Å². The summed E-state index contributed by atoms with van der Waals surface area (Å²) < 4.78 is 7.09. The van der Waals surface area contributed by atoms with Gasteiger partial charge in [-0.3, -0.25) is 4.40 Å². The van der Waals surface area contributed by atoms with Gasteiger partial charge in [0.2, 0.25) is 0 Å². The average Bonchev–Trinajstić information content (AvgIpc) is 3.14. The van der Waals surface area contributed by atoms with Gasteiger partial charge in [0, 0.05) is 24.0 Å². The first-order valence-electron chi connectivity index (χ1n) is 6.81. The number of rotatable bonds is 4. The van der Waals surface area contributed by atoms with E-state index in [1.165, 1.54) is 6.08 Å². The number of aromatic nitrogens is 2. The highest BCUT2D eigenvalue weighted by Gasteiger charge is 2.36. The Morgan fingerprint density at radius 3 is 3.33 bits per heavy atom. The topological polar surface area (TPSA) is 67.1 Å². The third-order valence-corrected chi connectivity index (χ3v) is 4.41. The summed E-state index contributed by atoms with van der Waals surface area (Å²) in [5, 5.41) is 11.9. The van der Waals surface area contributed by atoms with Crippen molar-refractivity contribution < 1.29 is 14.6 Å². The Balaban J connectivity index is 1.74. The lowest BCUT2D eigenvalue weighted by atomic mass is 10.1. The van der Waals surface area contributed by atoms with Crippen LogP contribution >= 0.6 is 11.3 Å². The molecular weight excluding hydrogens is 290 g/mol. The van der Waals surface area contributed by atoms with Crippen molar-refractivity contribution >= 4 is 22.3 Å². The fourth-order valence-electron chi connectivity index (χ4n) is 2.67. The van der Waals surface area contributed by atoms with Crippen LogP contribution < -0.4 is 0 Å². The van der Waals surface area contributed by atoms with Crippen LogP contribution in [0.15, 0.2) is 30.4 Å². The number of imidazole rings is 1. The number of thiazole rings is 1. The van der Waals surface area contributed by atoms with E-state index < -0.39 is 12.2 Å². The van der Waals surface area contributed by atoms with Gasteiger partial charge < -0.3 is 14.7 Å². The van der Waals surface area contributed by atoms with Crippen LogP contribution in [-0.2, 0) is 11.2 Å². The van der Waals surface area contributed by atoms with E-state index in [-0.39, 0.29) is 12.6 Å². The number of hydrogen-bond donors (Lipinski definition) is 1. The maximum atomic E-state index is 12.0. The number of ether oxygens (including phenoxy) is 1. The summed E-state index contributed by atoms with van der Waals surface area (Å²) in [5.41, 5.74) is 0. The van der Waals surface area contributed by atoms with Gasteiger partial charge in [0.25, 0.3) is 0 Å². The molecule has 2 aromatic heterocycles. The maximum absolute atomic E-state index is 12.0. The number of amides is 1. The van der Waals surface area contributed by atoms with Crippen LogP contribution in [-0.4, -0.2) is 50.8 Å². The fourth-order valence-corrected chi connectivity index (χ4v) is 3.39. The number of likely N-dealkylation sites (tertiary alicyclic amines) is 1. The summed E-state index contributed by atoms with van der Waals surface area (Å²) in [7, 11) is 0. The molecule has 1 aliphatic heterocycles. The summed E-state index contributed by atoms with van der Waals surface area (Å²) in [5.74, 6) is 0.895. The molecule has 0 aromatic carbocycles. The number of aliphatic hydroxyl groups excluding tert-OH is 1. The summed E-state index contributed by atoms with van der Waals surface area (Å²) in [6, 6.07) is -0.0946. The van der Waals surface area contributed by atoms with E-state index in [1.807, 2.05) is 22.2 Å². The molecule has 2 aromatic rings. The predicted octanol–water partition coefficient (Wildman–Crippen LogP) is 1.70. The SMILES string of the molecule is C=CCOC(=O)N1C[C@H](O)C[C@H]1Cc1ncc2sccn12. The van der Waals surface area contributed by atoms with Crippen molar-refractivity contribution in [2.45, 2.75) is 25.0 Å².